The maximum Gasteiger partial charge on any atom is 0.396 e. The van der Waals surface area contributed by atoms with Crippen molar-refractivity contribution < 1.29 is 27.8 Å². The summed E-state index contributed by atoms with van der Waals surface area (Å²) in [5, 5.41) is 9.44. The van der Waals surface area contributed by atoms with Gasteiger partial charge in [-0.25, -0.2) is 9.59 Å². The lowest BCUT2D eigenvalue weighted by molar-refractivity contribution is -0.154. The molecule has 4 aromatic rings. The number of halogens is 4. The molecule has 3 aromatic carbocycles. The van der Waals surface area contributed by atoms with Crippen LogP contribution in [-0.4, -0.2) is 33.5 Å². The molecule has 194 valence electrons. The van der Waals surface area contributed by atoms with Crippen molar-refractivity contribution in [2.45, 2.75) is 24.9 Å². The zero-order chi connectivity index (χ0) is 27.2. The fraction of sp³-hybridized carbons (Fsp3) is 0.259. The lowest BCUT2D eigenvalue weighted by Gasteiger charge is -2.28. The van der Waals surface area contributed by atoms with E-state index >= 15 is 0 Å². The minimum atomic E-state index is -4.58. The van der Waals surface area contributed by atoms with Crippen molar-refractivity contribution in [3.63, 3.8) is 0 Å². The highest BCUT2D eigenvalue weighted by Gasteiger charge is 2.45. The third kappa shape index (κ3) is 4.71. The summed E-state index contributed by atoms with van der Waals surface area (Å²) in [7, 11) is 4.44. The number of hydrogen-bond acceptors (Lipinski definition) is 3. The van der Waals surface area contributed by atoms with E-state index in [0.717, 1.165) is 0 Å². The number of hydrogen-bond donors (Lipinski definition) is 1. The summed E-state index contributed by atoms with van der Waals surface area (Å²) in [5.41, 5.74) is 2.15. The van der Waals surface area contributed by atoms with Gasteiger partial charge < -0.3 is 9.84 Å². The standard InChI is InChI=1S/C27H24ClF3N2O4/c1-14(24(27(29,30)31)17-7-10-21-22(12-17)33(3)26(36)32(21)2)18-8-5-15(11-20(18)28)16-6-9-19(25(34)35)23(13-16)37-4/h5-14,24H,1-4H3,(H,34,35). The Morgan fingerprint density at radius 3 is 2.19 bits per heavy atom. The first-order valence-electron chi connectivity index (χ1n) is 11.3. The van der Waals surface area contributed by atoms with Crippen LogP contribution in [0.5, 0.6) is 5.75 Å². The van der Waals surface area contributed by atoms with Crippen LogP contribution < -0.4 is 10.4 Å². The summed E-state index contributed by atoms with van der Waals surface area (Å²) >= 11 is 6.51. The minimum absolute atomic E-state index is 0.0107. The van der Waals surface area contributed by atoms with E-state index in [1.165, 1.54) is 60.5 Å². The fourth-order valence-corrected chi connectivity index (χ4v) is 5.13. The molecule has 0 saturated heterocycles. The molecule has 1 N–H and O–H groups in total. The predicted octanol–water partition coefficient (Wildman–Crippen LogP) is 6.35. The SMILES string of the molecule is COc1cc(-c2ccc(C(C)C(c3ccc4c(c3)n(C)c(=O)n4C)C(F)(F)F)c(Cl)c2)ccc1C(=O)O. The molecule has 1 heterocycles. The lowest BCUT2D eigenvalue weighted by Crippen LogP contribution is -2.26. The van der Waals surface area contributed by atoms with Gasteiger partial charge in [0.1, 0.15) is 11.3 Å². The van der Waals surface area contributed by atoms with Crippen molar-refractivity contribution in [1.29, 1.82) is 0 Å². The molecule has 0 bridgehead atoms. The maximum absolute atomic E-state index is 14.4. The van der Waals surface area contributed by atoms with Crippen molar-refractivity contribution in [2.75, 3.05) is 7.11 Å². The monoisotopic (exact) mass is 532 g/mol. The van der Waals surface area contributed by atoms with E-state index < -0.39 is 24.0 Å². The molecule has 2 unspecified atom stereocenters. The van der Waals surface area contributed by atoms with Crippen molar-refractivity contribution >= 4 is 28.6 Å². The van der Waals surface area contributed by atoms with E-state index in [2.05, 4.69) is 0 Å². The number of fused-ring (bicyclic) bond motifs is 1. The first-order valence-corrected chi connectivity index (χ1v) is 11.7. The molecule has 0 amide bonds. The van der Waals surface area contributed by atoms with Crippen LogP contribution in [-0.2, 0) is 14.1 Å². The number of carbonyl (C=O) groups is 1. The Kier molecular flexibility index (Phi) is 6.85. The van der Waals surface area contributed by atoms with Crippen molar-refractivity contribution in [1.82, 2.24) is 9.13 Å². The number of aryl methyl sites for hydroxylation is 2. The highest BCUT2D eigenvalue weighted by Crippen LogP contribution is 2.47. The van der Waals surface area contributed by atoms with Gasteiger partial charge in [-0.15, -0.1) is 0 Å². The second kappa shape index (κ2) is 9.63. The average molecular weight is 533 g/mol. The zero-order valence-electron chi connectivity index (χ0n) is 20.4. The Morgan fingerprint density at radius 1 is 0.973 bits per heavy atom. The summed E-state index contributed by atoms with van der Waals surface area (Å²) in [6.45, 7) is 1.47. The van der Waals surface area contributed by atoms with Crippen LogP contribution >= 0.6 is 11.6 Å². The summed E-state index contributed by atoms with van der Waals surface area (Å²) in [4.78, 5) is 23.6. The third-order valence-corrected chi connectivity index (χ3v) is 7.09. The molecule has 4 rings (SSSR count). The maximum atomic E-state index is 14.4. The van der Waals surface area contributed by atoms with Crippen LogP contribution in [0.3, 0.4) is 0 Å². The summed E-state index contributed by atoms with van der Waals surface area (Å²) < 4.78 is 51.1. The van der Waals surface area contributed by atoms with Gasteiger partial charge in [0.25, 0.3) is 0 Å². The topological polar surface area (TPSA) is 73.5 Å². The number of aromatic carboxylic acids is 1. The summed E-state index contributed by atoms with van der Waals surface area (Å²) in [5.74, 6) is -3.90. The van der Waals surface area contributed by atoms with Crippen molar-refractivity contribution in [3.8, 4) is 16.9 Å². The number of carboxylic acid groups (broad SMARTS) is 1. The Bertz CT molecular complexity index is 1570. The number of rotatable bonds is 6. The van der Waals surface area contributed by atoms with E-state index in [1.54, 1.807) is 31.3 Å². The van der Waals surface area contributed by atoms with Gasteiger partial charge in [0.15, 0.2) is 0 Å². The van der Waals surface area contributed by atoms with Crippen LogP contribution in [0.1, 0.15) is 40.2 Å². The number of carboxylic acids is 1. The van der Waals surface area contributed by atoms with Gasteiger partial charge in [0.05, 0.1) is 24.1 Å². The Balaban J connectivity index is 1.75. The number of benzene rings is 3. The van der Waals surface area contributed by atoms with Gasteiger partial charge >= 0.3 is 17.8 Å². The molecule has 0 fully saturated rings. The summed E-state index contributed by atoms with van der Waals surface area (Å²) in [6, 6.07) is 13.6. The summed E-state index contributed by atoms with van der Waals surface area (Å²) in [6.07, 6.45) is -4.58. The number of ether oxygens (including phenoxy) is 1. The Hall–Kier alpha value is -3.72. The molecule has 2 atom stereocenters. The van der Waals surface area contributed by atoms with E-state index in [0.29, 0.717) is 27.7 Å². The van der Waals surface area contributed by atoms with Gasteiger partial charge in [0.2, 0.25) is 0 Å². The molecule has 10 heteroatoms. The van der Waals surface area contributed by atoms with E-state index in [4.69, 9.17) is 16.3 Å². The van der Waals surface area contributed by atoms with Crippen LogP contribution in [0.4, 0.5) is 13.2 Å². The van der Waals surface area contributed by atoms with Crippen molar-refractivity contribution in [2.24, 2.45) is 14.1 Å². The second-order valence-electron chi connectivity index (χ2n) is 8.91. The molecule has 1 aromatic heterocycles. The van der Waals surface area contributed by atoms with E-state index in [9.17, 15) is 27.9 Å². The van der Waals surface area contributed by atoms with E-state index in [1.807, 2.05) is 0 Å². The number of nitrogens with zero attached hydrogens (tertiary/aromatic N) is 2. The molecule has 0 radical (unpaired) electrons. The Morgan fingerprint density at radius 2 is 1.59 bits per heavy atom. The molecule has 0 aliphatic rings. The number of imidazole rings is 1. The van der Waals surface area contributed by atoms with Crippen LogP contribution in [0.25, 0.3) is 22.2 Å². The molecule has 0 aliphatic carbocycles. The normalized spacial score (nSPS) is 13.5. The molecular formula is C27H24ClF3N2O4. The Labute approximate surface area is 215 Å². The van der Waals surface area contributed by atoms with E-state index in [-0.39, 0.29) is 27.6 Å². The highest BCUT2D eigenvalue weighted by atomic mass is 35.5. The number of alkyl halides is 3. The van der Waals surface area contributed by atoms with Gasteiger partial charge in [0, 0.05) is 19.1 Å². The lowest BCUT2D eigenvalue weighted by atomic mass is 9.81. The first-order chi connectivity index (χ1) is 17.3. The smallest absolute Gasteiger partial charge is 0.396 e. The third-order valence-electron chi connectivity index (χ3n) is 6.76. The van der Waals surface area contributed by atoms with Gasteiger partial charge in [-0.2, -0.15) is 13.2 Å². The van der Waals surface area contributed by atoms with Crippen molar-refractivity contribution in [3.05, 3.63) is 86.8 Å². The molecule has 37 heavy (non-hydrogen) atoms. The van der Waals surface area contributed by atoms with Crippen LogP contribution in [0.15, 0.2) is 59.4 Å². The molecule has 6 nitrogen and oxygen atoms in total. The highest BCUT2D eigenvalue weighted by molar-refractivity contribution is 6.31. The first kappa shape index (κ1) is 26.3. The van der Waals surface area contributed by atoms with Gasteiger partial charge in [-0.3, -0.25) is 9.13 Å². The fourth-order valence-electron chi connectivity index (χ4n) is 4.78. The largest absolute Gasteiger partial charge is 0.496 e. The molecule has 0 saturated carbocycles. The minimum Gasteiger partial charge on any atom is -0.496 e. The molecular weight excluding hydrogens is 509 g/mol. The average Bonchev–Trinajstić information content (AvgIpc) is 3.06. The molecule has 0 spiro atoms. The predicted molar refractivity (Wildman–Crippen MR) is 136 cm³/mol. The zero-order valence-corrected chi connectivity index (χ0v) is 21.2. The molecule has 0 aliphatic heterocycles. The van der Waals surface area contributed by atoms with Gasteiger partial charge in [-0.1, -0.05) is 42.8 Å². The van der Waals surface area contributed by atoms with Crippen LogP contribution in [0, 0.1) is 0 Å². The second-order valence-corrected chi connectivity index (χ2v) is 9.32. The number of methoxy groups -OCH3 is 1. The quantitative estimate of drug-likeness (QED) is 0.314. The van der Waals surface area contributed by atoms with Crippen LogP contribution in [0.2, 0.25) is 5.02 Å². The van der Waals surface area contributed by atoms with Gasteiger partial charge in [-0.05, 0) is 58.5 Å². The number of aromatic nitrogens is 2.